The van der Waals surface area contributed by atoms with Crippen LogP contribution in [-0.4, -0.2) is 64.7 Å². The zero-order valence-corrected chi connectivity index (χ0v) is 16.5. The minimum atomic E-state index is -0.217. The summed E-state index contributed by atoms with van der Waals surface area (Å²) in [6, 6.07) is 6.40. The molecule has 0 saturated carbocycles. The van der Waals surface area contributed by atoms with Gasteiger partial charge in [0.25, 0.3) is 0 Å². The first-order chi connectivity index (χ1) is 13.5. The van der Waals surface area contributed by atoms with Crippen LogP contribution < -0.4 is 15.5 Å². The Balaban J connectivity index is 1.46. The van der Waals surface area contributed by atoms with E-state index in [1.54, 1.807) is 19.6 Å². The summed E-state index contributed by atoms with van der Waals surface area (Å²) in [6.07, 6.45) is 5.17. The topological polar surface area (TPSA) is 70.4 Å². The molecule has 2 aromatic heterocycles. The molecule has 0 radical (unpaired) electrons. The van der Waals surface area contributed by atoms with Crippen molar-refractivity contribution in [1.82, 2.24) is 24.4 Å². The van der Waals surface area contributed by atoms with Crippen molar-refractivity contribution in [2.45, 2.75) is 6.54 Å². The standard InChI is InChI=1S/C20H25N7O/c1-24(2)19-17-10-16(4-5-18(17)22-14-23-19)27-8-6-26(7-9-27)13-15-11-21-20(28)25(3)12-15/h4-5,10-12,14H,6-9,13H2,1-3H3. The van der Waals surface area contributed by atoms with E-state index in [1.807, 2.05) is 25.2 Å². The van der Waals surface area contributed by atoms with Gasteiger partial charge in [0.1, 0.15) is 12.1 Å². The van der Waals surface area contributed by atoms with Gasteiger partial charge in [0, 0.05) is 82.9 Å². The van der Waals surface area contributed by atoms with Gasteiger partial charge in [-0.3, -0.25) is 4.90 Å². The van der Waals surface area contributed by atoms with E-state index in [0.29, 0.717) is 0 Å². The third kappa shape index (κ3) is 3.68. The van der Waals surface area contributed by atoms with Crippen molar-refractivity contribution in [3.05, 3.63) is 53.0 Å². The number of aromatic nitrogens is 4. The number of hydrogen-bond acceptors (Lipinski definition) is 7. The second-order valence-corrected chi connectivity index (χ2v) is 7.41. The molecule has 1 aromatic carbocycles. The van der Waals surface area contributed by atoms with Gasteiger partial charge in [-0.25, -0.2) is 19.7 Å². The summed E-state index contributed by atoms with van der Waals surface area (Å²) in [5, 5.41) is 1.07. The summed E-state index contributed by atoms with van der Waals surface area (Å²) >= 11 is 0. The number of rotatable bonds is 4. The van der Waals surface area contributed by atoms with E-state index in [4.69, 9.17) is 0 Å². The maximum Gasteiger partial charge on any atom is 0.347 e. The SMILES string of the molecule is CN(C)c1ncnc2ccc(N3CCN(Cc4cnc(=O)n(C)c4)CC3)cc12. The minimum Gasteiger partial charge on any atom is -0.369 e. The number of hydrogen-bond donors (Lipinski definition) is 0. The lowest BCUT2D eigenvalue weighted by molar-refractivity contribution is 0.249. The maximum absolute atomic E-state index is 11.4. The van der Waals surface area contributed by atoms with Crippen LogP contribution in [0.4, 0.5) is 11.5 Å². The van der Waals surface area contributed by atoms with E-state index < -0.39 is 0 Å². The molecule has 8 heteroatoms. The van der Waals surface area contributed by atoms with Crippen molar-refractivity contribution in [2.24, 2.45) is 7.05 Å². The molecule has 1 aliphatic heterocycles. The van der Waals surface area contributed by atoms with Gasteiger partial charge in [-0.1, -0.05) is 0 Å². The van der Waals surface area contributed by atoms with E-state index in [9.17, 15) is 4.79 Å². The third-order valence-corrected chi connectivity index (χ3v) is 5.17. The van der Waals surface area contributed by atoms with E-state index in [-0.39, 0.29) is 5.69 Å². The second kappa shape index (κ2) is 7.55. The van der Waals surface area contributed by atoms with Gasteiger partial charge in [0.2, 0.25) is 0 Å². The Morgan fingerprint density at radius 2 is 1.86 bits per heavy atom. The van der Waals surface area contributed by atoms with Gasteiger partial charge in [0.15, 0.2) is 0 Å². The first kappa shape index (κ1) is 18.4. The lowest BCUT2D eigenvalue weighted by Gasteiger charge is -2.36. The first-order valence-electron chi connectivity index (χ1n) is 9.42. The van der Waals surface area contributed by atoms with E-state index >= 15 is 0 Å². The molecule has 0 unspecified atom stereocenters. The molecule has 4 rings (SSSR count). The quantitative estimate of drug-likeness (QED) is 0.673. The lowest BCUT2D eigenvalue weighted by Crippen LogP contribution is -2.46. The third-order valence-electron chi connectivity index (χ3n) is 5.17. The van der Waals surface area contributed by atoms with Crippen LogP contribution in [0, 0.1) is 0 Å². The van der Waals surface area contributed by atoms with Crippen LogP contribution in [0.1, 0.15) is 5.56 Å². The molecule has 0 aliphatic carbocycles. The molecule has 1 saturated heterocycles. The molecule has 3 heterocycles. The van der Waals surface area contributed by atoms with Crippen LogP contribution in [0.2, 0.25) is 0 Å². The van der Waals surface area contributed by atoms with Crippen LogP contribution in [-0.2, 0) is 13.6 Å². The fourth-order valence-electron chi connectivity index (χ4n) is 3.65. The molecule has 0 atom stereocenters. The van der Waals surface area contributed by atoms with Crippen LogP contribution in [0.5, 0.6) is 0 Å². The molecule has 146 valence electrons. The second-order valence-electron chi connectivity index (χ2n) is 7.41. The zero-order chi connectivity index (χ0) is 19.7. The average molecular weight is 379 g/mol. The van der Waals surface area contributed by atoms with Crippen molar-refractivity contribution in [3.63, 3.8) is 0 Å². The molecule has 0 amide bonds. The Labute approximate surface area is 164 Å². The summed E-state index contributed by atoms with van der Waals surface area (Å²) in [4.78, 5) is 31.0. The summed E-state index contributed by atoms with van der Waals surface area (Å²) in [5.74, 6) is 0.938. The molecular weight excluding hydrogens is 354 g/mol. The average Bonchev–Trinajstić information content (AvgIpc) is 2.70. The number of nitrogens with zero attached hydrogens (tertiary/aromatic N) is 7. The largest absolute Gasteiger partial charge is 0.369 e. The fourth-order valence-corrected chi connectivity index (χ4v) is 3.65. The number of aryl methyl sites for hydroxylation is 1. The monoisotopic (exact) mass is 379 g/mol. The Bertz CT molecular complexity index is 1040. The van der Waals surface area contributed by atoms with Crippen molar-refractivity contribution in [2.75, 3.05) is 50.1 Å². The van der Waals surface area contributed by atoms with E-state index in [1.165, 1.54) is 10.3 Å². The van der Waals surface area contributed by atoms with E-state index in [2.05, 4.69) is 43.0 Å². The maximum atomic E-state index is 11.4. The number of piperazine rings is 1. The molecule has 0 spiro atoms. The zero-order valence-electron chi connectivity index (χ0n) is 16.5. The highest BCUT2D eigenvalue weighted by Crippen LogP contribution is 2.27. The van der Waals surface area contributed by atoms with Crippen LogP contribution in [0.15, 0.2) is 41.7 Å². The highest BCUT2D eigenvalue weighted by Gasteiger charge is 2.18. The van der Waals surface area contributed by atoms with Crippen LogP contribution in [0.3, 0.4) is 0 Å². The normalized spacial score (nSPS) is 15.2. The van der Waals surface area contributed by atoms with Gasteiger partial charge >= 0.3 is 5.69 Å². The van der Waals surface area contributed by atoms with Crippen LogP contribution >= 0.6 is 0 Å². The Hall–Kier alpha value is -3.00. The molecular formula is C20H25N7O. The first-order valence-corrected chi connectivity index (χ1v) is 9.42. The van der Waals surface area contributed by atoms with Crippen molar-refractivity contribution >= 4 is 22.4 Å². The Morgan fingerprint density at radius 1 is 1.07 bits per heavy atom. The number of benzene rings is 1. The van der Waals surface area contributed by atoms with Gasteiger partial charge in [-0.15, -0.1) is 0 Å². The van der Waals surface area contributed by atoms with Gasteiger partial charge in [-0.2, -0.15) is 0 Å². The number of anilines is 2. The summed E-state index contributed by atoms with van der Waals surface area (Å²) in [6.45, 7) is 4.65. The molecule has 0 bridgehead atoms. The summed E-state index contributed by atoms with van der Waals surface area (Å²) in [5.41, 5.74) is 3.01. The molecule has 1 aliphatic rings. The highest BCUT2D eigenvalue weighted by molar-refractivity contribution is 5.91. The Morgan fingerprint density at radius 3 is 2.57 bits per heavy atom. The van der Waals surface area contributed by atoms with Crippen molar-refractivity contribution < 1.29 is 0 Å². The van der Waals surface area contributed by atoms with Gasteiger partial charge in [-0.05, 0) is 18.2 Å². The molecule has 0 N–H and O–H groups in total. The molecule has 3 aromatic rings. The fraction of sp³-hybridized carbons (Fsp3) is 0.400. The predicted molar refractivity (Wildman–Crippen MR) is 111 cm³/mol. The molecule has 28 heavy (non-hydrogen) atoms. The van der Waals surface area contributed by atoms with Crippen molar-refractivity contribution in [1.29, 1.82) is 0 Å². The van der Waals surface area contributed by atoms with Crippen LogP contribution in [0.25, 0.3) is 10.9 Å². The minimum absolute atomic E-state index is 0.217. The van der Waals surface area contributed by atoms with E-state index in [0.717, 1.165) is 55.0 Å². The van der Waals surface area contributed by atoms with Gasteiger partial charge in [0.05, 0.1) is 5.52 Å². The lowest BCUT2D eigenvalue weighted by atomic mass is 10.1. The molecule has 8 nitrogen and oxygen atoms in total. The summed E-state index contributed by atoms with van der Waals surface area (Å²) < 4.78 is 1.53. The predicted octanol–water partition coefficient (Wildman–Crippen LogP) is 1.11. The van der Waals surface area contributed by atoms with Crippen molar-refractivity contribution in [3.8, 4) is 0 Å². The van der Waals surface area contributed by atoms with Gasteiger partial charge < -0.3 is 14.4 Å². The highest BCUT2D eigenvalue weighted by atomic mass is 16.1. The smallest absolute Gasteiger partial charge is 0.347 e. The Kier molecular flexibility index (Phi) is 4.95. The molecule has 1 fully saturated rings. The summed E-state index contributed by atoms with van der Waals surface area (Å²) in [7, 11) is 5.74. The number of fused-ring (bicyclic) bond motifs is 1.